The van der Waals surface area contributed by atoms with Crippen LogP contribution in [0.25, 0.3) is 11.1 Å². The van der Waals surface area contributed by atoms with Crippen LogP contribution in [0.5, 0.6) is 0 Å². The number of amides is 2. The molecule has 3 aromatic carbocycles. The van der Waals surface area contributed by atoms with Crippen LogP contribution < -0.4 is 5.32 Å². The van der Waals surface area contributed by atoms with E-state index in [0.29, 0.717) is 6.42 Å². The number of hydrogen-bond donors (Lipinski definition) is 2. The largest absolute Gasteiger partial charge is 0.481 e. The number of aliphatic carboxylic acids is 1. The maximum absolute atomic E-state index is 13.6. The van der Waals surface area contributed by atoms with E-state index >= 15 is 0 Å². The fourth-order valence-electron chi connectivity index (χ4n) is 4.97. The normalized spacial score (nSPS) is 12.8. The second-order valence-electron chi connectivity index (χ2n) is 9.55. The van der Waals surface area contributed by atoms with Crippen molar-refractivity contribution in [2.75, 3.05) is 13.2 Å². The maximum atomic E-state index is 13.6. The number of nitrogens with one attached hydrogen (secondary N) is 1. The second-order valence-corrected chi connectivity index (χ2v) is 9.55. The number of carbonyl (C=O) groups is 3. The maximum Gasteiger partial charge on any atom is 0.407 e. The van der Waals surface area contributed by atoms with Gasteiger partial charge in [0.25, 0.3) is 0 Å². The molecule has 7 heteroatoms. The van der Waals surface area contributed by atoms with Gasteiger partial charge in [-0.25, -0.2) is 4.79 Å². The number of carboxylic acid groups (broad SMARTS) is 1. The van der Waals surface area contributed by atoms with Gasteiger partial charge in [-0.2, -0.15) is 0 Å². The molecule has 1 aliphatic carbocycles. The molecular formula is C31H34N2O5. The highest BCUT2D eigenvalue weighted by atomic mass is 16.5. The van der Waals surface area contributed by atoms with Crippen molar-refractivity contribution in [2.24, 2.45) is 0 Å². The molecule has 0 spiro atoms. The van der Waals surface area contributed by atoms with Crippen molar-refractivity contribution in [2.45, 2.75) is 51.1 Å². The molecule has 198 valence electrons. The summed E-state index contributed by atoms with van der Waals surface area (Å²) in [7, 11) is 0. The number of carbonyl (C=O) groups excluding carboxylic acids is 2. The summed E-state index contributed by atoms with van der Waals surface area (Å²) in [6, 6.07) is 24.8. The first-order valence-corrected chi connectivity index (χ1v) is 13.1. The van der Waals surface area contributed by atoms with Crippen LogP contribution in [0.1, 0.15) is 55.2 Å². The number of carboxylic acids is 1. The van der Waals surface area contributed by atoms with Crippen LogP contribution in [-0.4, -0.2) is 47.2 Å². The zero-order chi connectivity index (χ0) is 26.9. The molecule has 0 heterocycles. The van der Waals surface area contributed by atoms with Gasteiger partial charge >= 0.3 is 12.1 Å². The van der Waals surface area contributed by atoms with Crippen LogP contribution in [0.2, 0.25) is 0 Å². The number of rotatable bonds is 12. The van der Waals surface area contributed by atoms with Gasteiger partial charge in [-0.1, -0.05) is 98.6 Å². The number of alkyl carbamates (subject to hydrolysis) is 1. The smallest absolute Gasteiger partial charge is 0.407 e. The van der Waals surface area contributed by atoms with Gasteiger partial charge in [0.2, 0.25) is 5.91 Å². The number of ether oxygens (including phenoxy) is 1. The standard InChI is InChI=1S/C31H34N2O5/c1-2-3-17-28(30(36)33(19-18-29(34)35)20-22-11-5-4-6-12-22)32-31(37)38-21-27-25-15-9-7-13-23(25)24-14-8-10-16-26(24)27/h4-16,27-28H,2-3,17-21H2,1H3,(H,32,37)(H,34,35)/t28-/m0/s1. The average Bonchev–Trinajstić information content (AvgIpc) is 3.26. The third-order valence-electron chi connectivity index (χ3n) is 6.90. The van der Waals surface area contributed by atoms with E-state index in [0.717, 1.165) is 40.7 Å². The molecule has 4 rings (SSSR count). The van der Waals surface area contributed by atoms with E-state index in [4.69, 9.17) is 4.74 Å². The Balaban J connectivity index is 1.45. The van der Waals surface area contributed by atoms with E-state index < -0.39 is 18.1 Å². The molecule has 0 saturated heterocycles. The minimum atomic E-state index is -0.981. The van der Waals surface area contributed by atoms with Gasteiger partial charge in [0.05, 0.1) is 6.42 Å². The number of unbranched alkanes of at least 4 members (excludes halogenated alkanes) is 1. The Morgan fingerprint density at radius 3 is 2.13 bits per heavy atom. The fraction of sp³-hybridized carbons (Fsp3) is 0.323. The second kappa shape index (κ2) is 12.9. The Kier molecular flexibility index (Phi) is 9.14. The third kappa shape index (κ3) is 6.59. The van der Waals surface area contributed by atoms with E-state index in [1.54, 1.807) is 0 Å². The summed E-state index contributed by atoms with van der Waals surface area (Å²) in [6.45, 7) is 2.49. The summed E-state index contributed by atoms with van der Waals surface area (Å²) >= 11 is 0. The minimum Gasteiger partial charge on any atom is -0.481 e. The van der Waals surface area contributed by atoms with Crippen molar-refractivity contribution in [3.63, 3.8) is 0 Å². The van der Waals surface area contributed by atoms with Crippen molar-refractivity contribution < 1.29 is 24.2 Å². The highest BCUT2D eigenvalue weighted by Crippen LogP contribution is 2.44. The Morgan fingerprint density at radius 1 is 0.921 bits per heavy atom. The SMILES string of the molecule is CCCC[C@H](NC(=O)OCC1c2ccccc2-c2ccccc21)C(=O)N(CCC(=O)O)Cc1ccccc1. The highest BCUT2D eigenvalue weighted by molar-refractivity contribution is 5.86. The van der Waals surface area contributed by atoms with E-state index in [1.165, 1.54) is 4.90 Å². The quantitative estimate of drug-likeness (QED) is 0.329. The summed E-state index contributed by atoms with van der Waals surface area (Å²) in [5.74, 6) is -1.37. The molecule has 0 unspecified atom stereocenters. The third-order valence-corrected chi connectivity index (χ3v) is 6.90. The first-order valence-electron chi connectivity index (χ1n) is 13.1. The van der Waals surface area contributed by atoms with Gasteiger partial charge in [0.1, 0.15) is 12.6 Å². The van der Waals surface area contributed by atoms with Gasteiger partial charge in [-0.3, -0.25) is 9.59 Å². The summed E-state index contributed by atoms with van der Waals surface area (Å²) in [5, 5.41) is 12.0. The average molecular weight is 515 g/mol. The van der Waals surface area contributed by atoms with Crippen molar-refractivity contribution in [1.29, 1.82) is 0 Å². The Morgan fingerprint density at radius 2 is 1.53 bits per heavy atom. The van der Waals surface area contributed by atoms with Gasteiger partial charge in [-0.05, 0) is 34.2 Å². The van der Waals surface area contributed by atoms with E-state index in [1.807, 2.05) is 61.5 Å². The molecule has 1 atom stereocenters. The molecular weight excluding hydrogens is 480 g/mol. The number of hydrogen-bond acceptors (Lipinski definition) is 4. The van der Waals surface area contributed by atoms with Crippen LogP contribution in [0.3, 0.4) is 0 Å². The van der Waals surface area contributed by atoms with Gasteiger partial charge in [-0.15, -0.1) is 0 Å². The number of benzene rings is 3. The van der Waals surface area contributed by atoms with Gasteiger partial charge < -0.3 is 20.1 Å². The first kappa shape index (κ1) is 26.9. The van der Waals surface area contributed by atoms with Gasteiger partial charge in [0.15, 0.2) is 0 Å². The van der Waals surface area contributed by atoms with Crippen molar-refractivity contribution >= 4 is 18.0 Å². The zero-order valence-corrected chi connectivity index (χ0v) is 21.6. The number of nitrogens with zero attached hydrogens (tertiary/aromatic N) is 1. The molecule has 3 aromatic rings. The molecule has 0 fully saturated rings. The van der Waals surface area contributed by atoms with Crippen LogP contribution in [-0.2, 0) is 20.9 Å². The molecule has 2 N–H and O–H groups in total. The topological polar surface area (TPSA) is 95.9 Å². The Labute approximate surface area is 223 Å². The highest BCUT2D eigenvalue weighted by Gasteiger charge is 2.30. The molecule has 1 aliphatic rings. The first-order chi connectivity index (χ1) is 18.5. The lowest BCUT2D eigenvalue weighted by Gasteiger charge is -2.28. The van der Waals surface area contributed by atoms with E-state index in [-0.39, 0.29) is 37.9 Å². The summed E-state index contributed by atoms with van der Waals surface area (Å²) in [6.07, 6.45) is 1.20. The summed E-state index contributed by atoms with van der Waals surface area (Å²) < 4.78 is 5.68. The molecule has 0 radical (unpaired) electrons. The van der Waals surface area contributed by atoms with Crippen LogP contribution in [0.4, 0.5) is 4.79 Å². The summed E-state index contributed by atoms with van der Waals surface area (Å²) in [5.41, 5.74) is 5.40. The van der Waals surface area contributed by atoms with E-state index in [2.05, 4.69) is 29.6 Å². The molecule has 7 nitrogen and oxygen atoms in total. The fourth-order valence-corrected chi connectivity index (χ4v) is 4.97. The predicted molar refractivity (Wildman–Crippen MR) is 146 cm³/mol. The van der Waals surface area contributed by atoms with Crippen LogP contribution in [0.15, 0.2) is 78.9 Å². The predicted octanol–water partition coefficient (Wildman–Crippen LogP) is 5.59. The lowest BCUT2D eigenvalue weighted by Crippen LogP contribution is -2.49. The minimum absolute atomic E-state index is 0.0536. The Bertz CT molecular complexity index is 1210. The lowest BCUT2D eigenvalue weighted by atomic mass is 9.98. The monoisotopic (exact) mass is 514 g/mol. The van der Waals surface area contributed by atoms with E-state index in [9.17, 15) is 19.5 Å². The van der Waals surface area contributed by atoms with Crippen molar-refractivity contribution in [1.82, 2.24) is 10.2 Å². The van der Waals surface area contributed by atoms with Crippen molar-refractivity contribution in [3.8, 4) is 11.1 Å². The molecule has 0 saturated carbocycles. The van der Waals surface area contributed by atoms with Gasteiger partial charge in [0, 0.05) is 19.0 Å². The van der Waals surface area contributed by atoms with Crippen LogP contribution in [0, 0.1) is 0 Å². The van der Waals surface area contributed by atoms with Crippen molar-refractivity contribution in [3.05, 3.63) is 95.6 Å². The zero-order valence-electron chi connectivity index (χ0n) is 21.6. The summed E-state index contributed by atoms with van der Waals surface area (Å²) in [4.78, 5) is 39.3. The molecule has 2 amide bonds. The Hall–Kier alpha value is -4.13. The number of fused-ring (bicyclic) bond motifs is 3. The molecule has 38 heavy (non-hydrogen) atoms. The molecule has 0 aromatic heterocycles. The molecule has 0 aliphatic heterocycles. The lowest BCUT2D eigenvalue weighted by molar-refractivity contribution is -0.139. The van der Waals surface area contributed by atoms with Crippen LogP contribution >= 0.6 is 0 Å². The molecule has 0 bridgehead atoms.